The summed E-state index contributed by atoms with van der Waals surface area (Å²) < 4.78 is 10.6. The maximum absolute atomic E-state index is 12.7. The molecule has 2 aromatic rings. The molecule has 6 heteroatoms. The number of carbonyl (C=O) groups excluding carboxylic acids is 2. The van der Waals surface area contributed by atoms with Crippen molar-refractivity contribution in [2.75, 3.05) is 13.7 Å². The second-order valence-electron chi connectivity index (χ2n) is 6.05. The van der Waals surface area contributed by atoms with Crippen LogP contribution in [0.25, 0.3) is 0 Å². The minimum absolute atomic E-state index is 0.111. The molecule has 1 unspecified atom stereocenters. The Balaban J connectivity index is 1.65. The van der Waals surface area contributed by atoms with Gasteiger partial charge in [0.05, 0.1) is 12.0 Å². The van der Waals surface area contributed by atoms with Crippen LogP contribution in [0.5, 0.6) is 5.75 Å². The van der Waals surface area contributed by atoms with Crippen LogP contribution in [0.4, 0.5) is 0 Å². The molecule has 1 saturated heterocycles. The van der Waals surface area contributed by atoms with E-state index in [9.17, 15) is 9.59 Å². The van der Waals surface area contributed by atoms with Crippen molar-refractivity contribution in [1.29, 1.82) is 0 Å². The number of nitrogens with zero attached hydrogens (tertiary/aromatic N) is 1. The minimum atomic E-state index is -0.466. The quantitative estimate of drug-likeness (QED) is 0.768. The average Bonchev–Trinajstić information content (AvgIpc) is 3.29. The molecule has 25 heavy (non-hydrogen) atoms. The van der Waals surface area contributed by atoms with E-state index in [4.69, 9.17) is 9.47 Å². The molecule has 1 amide bonds. The van der Waals surface area contributed by atoms with Gasteiger partial charge in [0.1, 0.15) is 18.4 Å². The fourth-order valence-electron chi connectivity index (χ4n) is 2.98. The summed E-state index contributed by atoms with van der Waals surface area (Å²) in [5.74, 6) is 0.387. The van der Waals surface area contributed by atoms with Crippen LogP contribution in [-0.4, -0.2) is 36.5 Å². The number of likely N-dealkylation sites (tertiary alicyclic amines) is 1. The highest BCUT2D eigenvalue weighted by Gasteiger charge is 2.35. The summed E-state index contributed by atoms with van der Waals surface area (Å²) in [5, 5.41) is 1.93. The van der Waals surface area contributed by atoms with Crippen LogP contribution in [0.15, 0.2) is 35.7 Å². The van der Waals surface area contributed by atoms with Crippen LogP contribution in [0.2, 0.25) is 0 Å². The first kappa shape index (κ1) is 17.5. The molecule has 0 aliphatic carbocycles. The summed E-state index contributed by atoms with van der Waals surface area (Å²) in [6, 6.07) is 9.21. The topological polar surface area (TPSA) is 55.8 Å². The standard InChI is InChI=1S/C19H21NO4S/c1-13-6-3-4-8-16(13)24-11-14-10-17(25-12-14)18(21)20-9-5-7-15(20)19(22)23-2/h3-4,6,8,10,12,15H,5,7,9,11H2,1-2H3. The highest BCUT2D eigenvalue weighted by molar-refractivity contribution is 7.12. The van der Waals surface area contributed by atoms with Crippen LogP contribution in [0.3, 0.4) is 0 Å². The Morgan fingerprint density at radius 1 is 1.32 bits per heavy atom. The Hall–Kier alpha value is -2.34. The first-order valence-corrected chi connectivity index (χ1v) is 9.12. The Morgan fingerprint density at radius 2 is 2.12 bits per heavy atom. The predicted octanol–water partition coefficient (Wildman–Crippen LogP) is 3.41. The van der Waals surface area contributed by atoms with Gasteiger partial charge >= 0.3 is 5.97 Å². The van der Waals surface area contributed by atoms with Gasteiger partial charge in [-0.1, -0.05) is 18.2 Å². The number of hydrogen-bond acceptors (Lipinski definition) is 5. The van der Waals surface area contributed by atoms with Crippen LogP contribution in [0, 0.1) is 6.92 Å². The highest BCUT2D eigenvalue weighted by atomic mass is 32.1. The van der Waals surface area contributed by atoms with Crippen molar-refractivity contribution in [1.82, 2.24) is 4.90 Å². The van der Waals surface area contributed by atoms with E-state index in [-0.39, 0.29) is 11.9 Å². The normalized spacial score (nSPS) is 16.7. The Bertz CT molecular complexity index is 770. The number of thiophene rings is 1. The maximum atomic E-state index is 12.7. The van der Waals surface area contributed by atoms with Crippen molar-refractivity contribution < 1.29 is 19.1 Å². The second kappa shape index (κ2) is 7.70. The lowest BCUT2D eigenvalue weighted by Gasteiger charge is -2.21. The van der Waals surface area contributed by atoms with Gasteiger partial charge in [-0.05, 0) is 42.8 Å². The molecule has 1 aliphatic heterocycles. The number of amides is 1. The van der Waals surface area contributed by atoms with Gasteiger partial charge in [0.25, 0.3) is 5.91 Å². The first-order valence-electron chi connectivity index (χ1n) is 8.25. The van der Waals surface area contributed by atoms with Gasteiger partial charge in [0.2, 0.25) is 0 Å². The smallest absolute Gasteiger partial charge is 0.328 e. The fraction of sp³-hybridized carbons (Fsp3) is 0.368. The summed E-state index contributed by atoms with van der Waals surface area (Å²) in [6.45, 7) is 3.00. The van der Waals surface area contributed by atoms with E-state index in [0.29, 0.717) is 24.4 Å². The zero-order valence-corrected chi connectivity index (χ0v) is 15.2. The van der Waals surface area contributed by atoms with Gasteiger partial charge < -0.3 is 14.4 Å². The molecular weight excluding hydrogens is 338 g/mol. The molecule has 0 saturated carbocycles. The Kier molecular flexibility index (Phi) is 5.38. The minimum Gasteiger partial charge on any atom is -0.489 e. The molecule has 5 nitrogen and oxygen atoms in total. The number of esters is 1. The number of para-hydroxylation sites is 1. The molecule has 1 fully saturated rings. The van der Waals surface area contributed by atoms with E-state index in [2.05, 4.69) is 0 Å². The van der Waals surface area contributed by atoms with E-state index in [1.165, 1.54) is 18.4 Å². The van der Waals surface area contributed by atoms with Crippen molar-refractivity contribution in [3.05, 3.63) is 51.7 Å². The van der Waals surface area contributed by atoms with Crippen molar-refractivity contribution in [3.8, 4) is 5.75 Å². The number of rotatable bonds is 5. The van der Waals surface area contributed by atoms with Gasteiger partial charge in [-0.15, -0.1) is 11.3 Å². The molecule has 1 aromatic carbocycles. The lowest BCUT2D eigenvalue weighted by atomic mass is 10.2. The number of methoxy groups -OCH3 is 1. The molecule has 0 N–H and O–H groups in total. The van der Waals surface area contributed by atoms with E-state index >= 15 is 0 Å². The third-order valence-corrected chi connectivity index (χ3v) is 5.31. The van der Waals surface area contributed by atoms with Crippen molar-refractivity contribution in [3.63, 3.8) is 0 Å². The average molecular weight is 359 g/mol. The van der Waals surface area contributed by atoms with E-state index in [1.807, 2.05) is 42.6 Å². The summed E-state index contributed by atoms with van der Waals surface area (Å²) in [5.41, 5.74) is 2.03. The molecule has 1 aromatic heterocycles. The van der Waals surface area contributed by atoms with Crippen LogP contribution < -0.4 is 4.74 Å². The molecule has 0 spiro atoms. The zero-order valence-electron chi connectivity index (χ0n) is 14.4. The number of benzene rings is 1. The molecule has 0 bridgehead atoms. The van der Waals surface area contributed by atoms with Gasteiger partial charge in [0.15, 0.2) is 0 Å². The molecule has 1 aliphatic rings. The third-order valence-electron chi connectivity index (χ3n) is 4.34. The van der Waals surface area contributed by atoms with Crippen molar-refractivity contribution >= 4 is 23.2 Å². The van der Waals surface area contributed by atoms with Crippen molar-refractivity contribution in [2.45, 2.75) is 32.4 Å². The third kappa shape index (κ3) is 3.85. The van der Waals surface area contributed by atoms with Gasteiger partial charge in [-0.25, -0.2) is 4.79 Å². The molecule has 3 rings (SSSR count). The molecule has 132 valence electrons. The summed E-state index contributed by atoms with van der Waals surface area (Å²) in [6.07, 6.45) is 1.48. The zero-order chi connectivity index (χ0) is 17.8. The monoisotopic (exact) mass is 359 g/mol. The number of aryl methyl sites for hydroxylation is 1. The largest absolute Gasteiger partial charge is 0.489 e. The maximum Gasteiger partial charge on any atom is 0.328 e. The van der Waals surface area contributed by atoms with Crippen LogP contribution in [-0.2, 0) is 16.1 Å². The number of hydrogen-bond donors (Lipinski definition) is 0. The molecule has 0 radical (unpaired) electrons. The predicted molar refractivity (Wildman–Crippen MR) is 95.9 cm³/mol. The van der Waals surface area contributed by atoms with Gasteiger partial charge in [-0.2, -0.15) is 0 Å². The Labute approximate surface area is 151 Å². The summed E-state index contributed by atoms with van der Waals surface area (Å²) >= 11 is 1.38. The highest BCUT2D eigenvalue weighted by Crippen LogP contribution is 2.25. The van der Waals surface area contributed by atoms with Crippen LogP contribution in [0.1, 0.15) is 33.6 Å². The lowest BCUT2D eigenvalue weighted by molar-refractivity contribution is -0.145. The van der Waals surface area contributed by atoms with E-state index in [0.717, 1.165) is 23.3 Å². The van der Waals surface area contributed by atoms with Crippen molar-refractivity contribution in [2.24, 2.45) is 0 Å². The first-order chi connectivity index (χ1) is 12.1. The lowest BCUT2D eigenvalue weighted by Crippen LogP contribution is -2.40. The molecule has 1 atom stereocenters. The number of ether oxygens (including phenoxy) is 2. The Morgan fingerprint density at radius 3 is 2.88 bits per heavy atom. The fourth-order valence-corrected chi connectivity index (χ4v) is 3.83. The second-order valence-corrected chi connectivity index (χ2v) is 6.96. The number of carbonyl (C=O) groups is 2. The van der Waals surface area contributed by atoms with Crippen LogP contribution >= 0.6 is 11.3 Å². The van der Waals surface area contributed by atoms with Gasteiger partial charge in [0, 0.05) is 12.1 Å². The molecular formula is C19H21NO4S. The van der Waals surface area contributed by atoms with E-state index in [1.54, 1.807) is 4.90 Å². The van der Waals surface area contributed by atoms with E-state index < -0.39 is 6.04 Å². The summed E-state index contributed by atoms with van der Waals surface area (Å²) in [4.78, 5) is 26.8. The van der Waals surface area contributed by atoms with Gasteiger partial charge in [-0.3, -0.25) is 4.79 Å². The summed E-state index contributed by atoms with van der Waals surface area (Å²) in [7, 11) is 1.36. The SMILES string of the molecule is COC(=O)C1CCCN1C(=O)c1cc(COc2ccccc2C)cs1. The molecule has 2 heterocycles.